The molecule has 3 heterocycles. The standard InChI is InChI=1S/C43H63N7O8S/c1-11-25(4)33-38(54)44-26(5)41(56)50-21-17-20-32(50)37(53)45-29(22-28-18-15-14-16-19-28)40-47-31(24-59-40)36(52)49-34(27(6)58-43(9,10)13-3)39(55)46-30(35(51)48-33)23-57-42(7,8)12-2/h12-16,18-19,25-27,29-34H,2-3,11,17,20-24H2,1,4-10H3,(H,44,54)(H,45,53)(H,46,55)(H,48,51)(H,49,52)/t25-,26-,27+,29+,30-,31-,32-,33-,34-/m0/s1. The maximum absolute atomic E-state index is 14.4. The van der Waals surface area contributed by atoms with Crippen LogP contribution in [0.2, 0.25) is 0 Å². The summed E-state index contributed by atoms with van der Waals surface area (Å²) >= 11 is 1.33. The van der Waals surface area contributed by atoms with Gasteiger partial charge < -0.3 is 41.0 Å². The number of amides is 6. The van der Waals surface area contributed by atoms with Crippen molar-refractivity contribution in [2.75, 3.05) is 18.9 Å². The van der Waals surface area contributed by atoms with Crippen LogP contribution in [0.4, 0.5) is 0 Å². The van der Waals surface area contributed by atoms with Gasteiger partial charge in [-0.05, 0) is 72.3 Å². The highest BCUT2D eigenvalue weighted by Gasteiger charge is 2.41. The van der Waals surface area contributed by atoms with Crippen molar-refractivity contribution in [3.05, 3.63) is 61.2 Å². The van der Waals surface area contributed by atoms with Crippen molar-refractivity contribution in [3.63, 3.8) is 0 Å². The first kappa shape index (κ1) is 47.1. The van der Waals surface area contributed by atoms with E-state index in [9.17, 15) is 28.8 Å². The van der Waals surface area contributed by atoms with E-state index in [-0.39, 0.29) is 18.3 Å². The predicted octanol–water partition coefficient (Wildman–Crippen LogP) is 2.59. The number of carbonyl (C=O) groups excluding carboxylic acids is 6. The number of aliphatic imine (C=N–C) groups is 1. The molecule has 0 saturated carbocycles. The van der Waals surface area contributed by atoms with E-state index in [1.165, 1.54) is 16.7 Å². The zero-order chi connectivity index (χ0) is 43.7. The molecule has 3 aliphatic rings. The van der Waals surface area contributed by atoms with E-state index in [2.05, 4.69) is 39.7 Å². The molecule has 9 atom stereocenters. The van der Waals surface area contributed by atoms with Crippen LogP contribution >= 0.6 is 11.8 Å². The monoisotopic (exact) mass is 837 g/mol. The lowest BCUT2D eigenvalue weighted by atomic mass is 9.97. The van der Waals surface area contributed by atoms with Crippen LogP contribution in [0.25, 0.3) is 0 Å². The highest BCUT2D eigenvalue weighted by atomic mass is 32.2. The van der Waals surface area contributed by atoms with Crippen LogP contribution < -0.4 is 26.6 Å². The van der Waals surface area contributed by atoms with Gasteiger partial charge in [0.15, 0.2) is 0 Å². The Morgan fingerprint density at radius 3 is 2.12 bits per heavy atom. The minimum Gasteiger partial charge on any atom is -0.369 e. The third-order valence-electron chi connectivity index (χ3n) is 11.0. The molecule has 0 aliphatic carbocycles. The highest BCUT2D eigenvalue weighted by Crippen LogP contribution is 2.25. The molecule has 0 radical (unpaired) electrons. The maximum atomic E-state index is 14.4. The molecule has 1 fully saturated rings. The quantitative estimate of drug-likeness (QED) is 0.197. The normalized spacial score (nSPS) is 27.8. The summed E-state index contributed by atoms with van der Waals surface area (Å²) in [6, 6.07) is 2.39. The van der Waals surface area contributed by atoms with Crippen molar-refractivity contribution in [2.24, 2.45) is 10.9 Å². The predicted molar refractivity (Wildman–Crippen MR) is 228 cm³/mol. The molecule has 1 aromatic carbocycles. The molecule has 4 rings (SSSR count). The van der Waals surface area contributed by atoms with Crippen molar-refractivity contribution in [1.82, 2.24) is 31.5 Å². The highest BCUT2D eigenvalue weighted by molar-refractivity contribution is 8.14. The number of fused-ring (bicyclic) bond motifs is 2. The van der Waals surface area contributed by atoms with Crippen LogP contribution in [0, 0.1) is 5.92 Å². The Kier molecular flexibility index (Phi) is 16.5. The molecule has 59 heavy (non-hydrogen) atoms. The number of nitrogens with one attached hydrogen (secondary N) is 5. The van der Waals surface area contributed by atoms with Crippen molar-refractivity contribution in [2.45, 2.75) is 141 Å². The second kappa shape index (κ2) is 20.6. The van der Waals surface area contributed by atoms with E-state index in [4.69, 9.17) is 14.5 Å². The fourth-order valence-electron chi connectivity index (χ4n) is 6.95. The van der Waals surface area contributed by atoms with Gasteiger partial charge in [-0.25, -0.2) is 0 Å². The number of carbonyl (C=O) groups is 6. The number of hydrogen-bond acceptors (Lipinski definition) is 10. The number of rotatable bonds is 12. The zero-order valence-corrected chi connectivity index (χ0v) is 36.5. The van der Waals surface area contributed by atoms with Gasteiger partial charge in [-0.3, -0.25) is 33.8 Å². The fraction of sp³-hybridized carbons (Fsp3) is 0.605. The number of benzene rings is 1. The molecule has 0 unspecified atom stereocenters. The van der Waals surface area contributed by atoms with Gasteiger partial charge in [-0.15, -0.1) is 24.9 Å². The van der Waals surface area contributed by atoms with Gasteiger partial charge >= 0.3 is 0 Å². The average molecular weight is 838 g/mol. The number of nitrogens with zero attached hydrogens (tertiary/aromatic N) is 2. The lowest BCUT2D eigenvalue weighted by Gasteiger charge is -2.33. The number of ether oxygens (including phenoxy) is 2. The smallest absolute Gasteiger partial charge is 0.246 e. The zero-order valence-electron chi connectivity index (χ0n) is 35.7. The summed E-state index contributed by atoms with van der Waals surface area (Å²) in [6.07, 6.45) is 4.06. The maximum Gasteiger partial charge on any atom is 0.246 e. The van der Waals surface area contributed by atoms with E-state index < -0.39 is 95.1 Å². The van der Waals surface area contributed by atoms with Crippen molar-refractivity contribution in [1.29, 1.82) is 0 Å². The molecule has 16 heteroatoms. The van der Waals surface area contributed by atoms with Gasteiger partial charge in [0.1, 0.15) is 36.3 Å². The van der Waals surface area contributed by atoms with Gasteiger partial charge in [0.2, 0.25) is 35.4 Å². The first-order valence-electron chi connectivity index (χ1n) is 20.4. The third kappa shape index (κ3) is 12.7. The molecular formula is C43H63N7O8S. The largest absolute Gasteiger partial charge is 0.369 e. The molecule has 324 valence electrons. The molecule has 5 N–H and O–H groups in total. The fourth-order valence-corrected chi connectivity index (χ4v) is 8.05. The summed E-state index contributed by atoms with van der Waals surface area (Å²) in [5, 5.41) is 14.8. The molecule has 1 saturated heterocycles. The van der Waals surface area contributed by atoms with Gasteiger partial charge in [-0.1, -0.05) is 62.8 Å². The van der Waals surface area contributed by atoms with E-state index >= 15 is 0 Å². The Balaban J connectivity index is 1.79. The average Bonchev–Trinajstić information content (AvgIpc) is 3.91. The molecular weight excluding hydrogens is 775 g/mol. The Bertz CT molecular complexity index is 1750. The van der Waals surface area contributed by atoms with Gasteiger partial charge in [0, 0.05) is 12.3 Å². The van der Waals surface area contributed by atoms with Gasteiger partial charge in [0.05, 0.1) is 35.0 Å². The van der Waals surface area contributed by atoms with Crippen LogP contribution in [0.15, 0.2) is 60.6 Å². The van der Waals surface area contributed by atoms with E-state index in [1.807, 2.05) is 37.3 Å². The lowest BCUT2D eigenvalue weighted by molar-refractivity contribution is -0.142. The van der Waals surface area contributed by atoms with Gasteiger partial charge in [0.25, 0.3) is 0 Å². The second-order valence-corrected chi connectivity index (χ2v) is 17.7. The Hall–Kier alpha value is -4.54. The van der Waals surface area contributed by atoms with E-state index in [0.29, 0.717) is 37.3 Å². The summed E-state index contributed by atoms with van der Waals surface area (Å²) in [5.74, 6) is -3.61. The molecule has 6 amide bonds. The second-order valence-electron chi connectivity index (χ2n) is 16.6. The van der Waals surface area contributed by atoms with Crippen LogP contribution in [-0.2, 0) is 44.7 Å². The van der Waals surface area contributed by atoms with Crippen LogP contribution in [0.5, 0.6) is 0 Å². The van der Waals surface area contributed by atoms with Crippen LogP contribution in [-0.4, -0.2) is 124 Å². The molecule has 1 aromatic rings. The topological polar surface area (TPSA) is 197 Å². The molecule has 0 aromatic heterocycles. The Morgan fingerprint density at radius 1 is 0.847 bits per heavy atom. The van der Waals surface area contributed by atoms with Gasteiger partial charge in [-0.2, -0.15) is 0 Å². The van der Waals surface area contributed by atoms with E-state index in [1.54, 1.807) is 60.6 Å². The van der Waals surface area contributed by atoms with Crippen LogP contribution in [0.3, 0.4) is 0 Å². The van der Waals surface area contributed by atoms with Crippen LogP contribution in [0.1, 0.15) is 80.2 Å². The molecule has 3 aliphatic heterocycles. The first-order chi connectivity index (χ1) is 27.8. The molecule has 15 nitrogen and oxygen atoms in total. The first-order valence-corrected chi connectivity index (χ1v) is 21.4. The summed E-state index contributed by atoms with van der Waals surface area (Å²) in [4.78, 5) is 90.9. The SMILES string of the molecule is C=CC(C)(C)OC[C@@H]1NC(=O)[C@H]([C@@H](C)OC(C)(C)C=C)NC(=O)[C@@H]2CSC(=N2)[C@@H](Cc2ccccc2)NC(=O)[C@@H]2CCCN2C(=O)[C@H](C)NC(=O)[C@H]([C@@H](C)CC)NC1=O. The minimum atomic E-state index is -1.35. The van der Waals surface area contributed by atoms with Crippen molar-refractivity contribution in [3.8, 4) is 0 Å². The van der Waals surface area contributed by atoms with Crippen molar-refractivity contribution < 1.29 is 38.2 Å². The summed E-state index contributed by atoms with van der Waals surface area (Å²) in [6.45, 7) is 21.5. The number of thioether (sulfide) groups is 1. The molecule has 2 bridgehead atoms. The Morgan fingerprint density at radius 2 is 1.47 bits per heavy atom. The number of hydrogen-bond donors (Lipinski definition) is 5. The Labute approximate surface area is 352 Å². The lowest BCUT2D eigenvalue weighted by Crippen LogP contribution is -2.62. The summed E-state index contributed by atoms with van der Waals surface area (Å²) < 4.78 is 12.2. The molecule has 0 spiro atoms. The summed E-state index contributed by atoms with van der Waals surface area (Å²) in [5.41, 5.74) is -0.870. The minimum absolute atomic E-state index is 0.238. The third-order valence-corrected chi connectivity index (χ3v) is 12.2. The van der Waals surface area contributed by atoms with E-state index in [0.717, 1.165) is 5.56 Å². The van der Waals surface area contributed by atoms with Crippen molar-refractivity contribution >= 4 is 52.2 Å². The summed E-state index contributed by atoms with van der Waals surface area (Å²) in [7, 11) is 0.